The lowest BCUT2D eigenvalue weighted by molar-refractivity contribution is -0.389. The molecule has 0 radical (unpaired) electrons. The Balaban J connectivity index is 2.73. The van der Waals surface area contributed by atoms with E-state index in [-0.39, 0.29) is 11.7 Å². The maximum absolute atomic E-state index is 10.3. The number of rotatable bonds is 4. The molecule has 1 heterocycles. The van der Waals surface area contributed by atoms with Gasteiger partial charge in [-0.15, -0.1) is 0 Å². The molecule has 1 rings (SSSR count). The van der Waals surface area contributed by atoms with Crippen LogP contribution in [0.1, 0.15) is 0 Å². The van der Waals surface area contributed by atoms with Crippen molar-refractivity contribution >= 4 is 5.82 Å². The van der Waals surface area contributed by atoms with Crippen LogP contribution in [-0.4, -0.2) is 23.1 Å². The Kier molecular flexibility index (Phi) is 3.15. The van der Waals surface area contributed by atoms with Gasteiger partial charge in [0.2, 0.25) is 0 Å². The van der Waals surface area contributed by atoms with Crippen LogP contribution in [0.15, 0.2) is 18.2 Å². The van der Waals surface area contributed by atoms with Crippen molar-refractivity contribution in [3.8, 4) is 5.88 Å². The van der Waals surface area contributed by atoms with E-state index in [4.69, 9.17) is 10.5 Å². The average molecular weight is 183 g/mol. The van der Waals surface area contributed by atoms with Crippen molar-refractivity contribution in [1.82, 2.24) is 4.98 Å². The molecule has 1 aromatic rings. The van der Waals surface area contributed by atoms with Gasteiger partial charge in [-0.3, -0.25) is 0 Å². The molecular weight excluding hydrogens is 174 g/mol. The highest BCUT2D eigenvalue weighted by molar-refractivity contribution is 5.24. The smallest absolute Gasteiger partial charge is 0.367 e. The highest BCUT2D eigenvalue weighted by Gasteiger charge is 2.09. The molecule has 6 nitrogen and oxygen atoms in total. The van der Waals surface area contributed by atoms with Gasteiger partial charge in [-0.1, -0.05) is 0 Å². The largest absolute Gasteiger partial charge is 0.458 e. The molecule has 0 aliphatic heterocycles. The number of pyridine rings is 1. The van der Waals surface area contributed by atoms with Gasteiger partial charge in [-0.05, 0) is 11.0 Å². The van der Waals surface area contributed by atoms with E-state index >= 15 is 0 Å². The summed E-state index contributed by atoms with van der Waals surface area (Å²) in [5.41, 5.74) is 5.19. The fourth-order valence-corrected chi connectivity index (χ4v) is 0.749. The molecule has 0 aliphatic carbocycles. The van der Waals surface area contributed by atoms with Crippen LogP contribution in [0.4, 0.5) is 5.82 Å². The third kappa shape index (κ3) is 2.68. The highest BCUT2D eigenvalue weighted by atomic mass is 16.6. The predicted octanol–water partition coefficient (Wildman–Crippen LogP) is 0.327. The van der Waals surface area contributed by atoms with Crippen LogP contribution in [0.2, 0.25) is 0 Å². The number of aromatic nitrogens is 1. The molecule has 0 fully saturated rings. The van der Waals surface area contributed by atoms with Crippen molar-refractivity contribution < 1.29 is 9.66 Å². The molecule has 0 aromatic carbocycles. The molecule has 0 saturated carbocycles. The molecule has 0 atom stereocenters. The monoisotopic (exact) mass is 183 g/mol. The lowest BCUT2D eigenvalue weighted by Gasteiger charge is -1.98. The lowest BCUT2D eigenvalue weighted by atomic mass is 10.4. The normalized spacial score (nSPS) is 9.62. The molecule has 2 N–H and O–H groups in total. The van der Waals surface area contributed by atoms with Gasteiger partial charge in [0.1, 0.15) is 6.61 Å². The summed E-state index contributed by atoms with van der Waals surface area (Å²) in [4.78, 5) is 13.3. The zero-order valence-electron chi connectivity index (χ0n) is 6.84. The second kappa shape index (κ2) is 4.36. The fourth-order valence-electron chi connectivity index (χ4n) is 0.749. The standard InChI is InChI=1S/C7H9N3O3/c8-4-5-13-7-3-1-2-6(9-7)10(11)12/h1-3H,4-5,8H2. The van der Waals surface area contributed by atoms with Gasteiger partial charge in [0.25, 0.3) is 0 Å². The molecule has 0 aliphatic rings. The van der Waals surface area contributed by atoms with E-state index in [0.29, 0.717) is 13.2 Å². The van der Waals surface area contributed by atoms with Crippen molar-refractivity contribution in [2.24, 2.45) is 5.73 Å². The van der Waals surface area contributed by atoms with Crippen molar-refractivity contribution in [1.29, 1.82) is 0 Å². The third-order valence-corrected chi connectivity index (χ3v) is 1.26. The zero-order chi connectivity index (χ0) is 9.68. The summed E-state index contributed by atoms with van der Waals surface area (Å²) in [6.07, 6.45) is 0. The van der Waals surface area contributed by atoms with Gasteiger partial charge in [0.15, 0.2) is 0 Å². The molecule has 0 amide bonds. The number of hydrogen-bond donors (Lipinski definition) is 1. The van der Waals surface area contributed by atoms with Gasteiger partial charge in [-0.2, -0.15) is 0 Å². The lowest BCUT2D eigenvalue weighted by Crippen LogP contribution is -2.11. The summed E-state index contributed by atoms with van der Waals surface area (Å²) in [6.45, 7) is 0.651. The van der Waals surface area contributed by atoms with Crippen LogP contribution in [0.25, 0.3) is 0 Å². The number of ether oxygens (including phenoxy) is 1. The molecular formula is C7H9N3O3. The maximum Gasteiger partial charge on any atom is 0.367 e. The first kappa shape index (κ1) is 9.40. The first-order valence-electron chi connectivity index (χ1n) is 3.68. The van der Waals surface area contributed by atoms with Gasteiger partial charge in [0, 0.05) is 23.7 Å². The SMILES string of the molecule is NCCOc1cccc([N+](=O)[O-])n1. The molecule has 0 unspecified atom stereocenters. The molecule has 0 saturated heterocycles. The van der Waals surface area contributed by atoms with E-state index in [2.05, 4.69) is 4.98 Å². The van der Waals surface area contributed by atoms with Crippen LogP contribution in [-0.2, 0) is 0 Å². The first-order valence-corrected chi connectivity index (χ1v) is 3.68. The summed E-state index contributed by atoms with van der Waals surface area (Å²) in [5.74, 6) is -0.00540. The van der Waals surface area contributed by atoms with E-state index in [0.717, 1.165) is 0 Å². The van der Waals surface area contributed by atoms with Crippen molar-refractivity contribution in [3.63, 3.8) is 0 Å². The molecule has 0 spiro atoms. The minimum Gasteiger partial charge on any atom is -0.458 e. The Morgan fingerprint density at radius 1 is 1.62 bits per heavy atom. The van der Waals surface area contributed by atoms with Crippen molar-refractivity contribution in [2.45, 2.75) is 0 Å². The van der Waals surface area contributed by atoms with Crippen molar-refractivity contribution in [3.05, 3.63) is 28.3 Å². The third-order valence-electron chi connectivity index (χ3n) is 1.26. The molecule has 6 heteroatoms. The van der Waals surface area contributed by atoms with E-state index < -0.39 is 4.92 Å². The Morgan fingerprint density at radius 3 is 3.00 bits per heavy atom. The number of nitro groups is 1. The average Bonchev–Trinajstić information content (AvgIpc) is 2.15. The van der Waals surface area contributed by atoms with Gasteiger partial charge >= 0.3 is 11.7 Å². The fraction of sp³-hybridized carbons (Fsp3) is 0.286. The Morgan fingerprint density at radius 2 is 2.38 bits per heavy atom. The highest BCUT2D eigenvalue weighted by Crippen LogP contribution is 2.12. The second-order valence-electron chi connectivity index (χ2n) is 2.23. The molecule has 70 valence electrons. The van der Waals surface area contributed by atoms with Gasteiger partial charge in [-0.25, -0.2) is 0 Å². The summed E-state index contributed by atoms with van der Waals surface area (Å²) >= 11 is 0. The van der Waals surface area contributed by atoms with E-state index in [1.807, 2.05) is 0 Å². The van der Waals surface area contributed by atoms with Crippen molar-refractivity contribution in [2.75, 3.05) is 13.2 Å². The summed E-state index contributed by atoms with van der Waals surface area (Å²) in [5, 5.41) is 10.3. The molecule has 13 heavy (non-hydrogen) atoms. The van der Waals surface area contributed by atoms with Gasteiger partial charge < -0.3 is 20.6 Å². The minimum absolute atomic E-state index is 0.222. The number of hydrogen-bond acceptors (Lipinski definition) is 5. The molecule has 1 aromatic heterocycles. The topological polar surface area (TPSA) is 91.3 Å². The zero-order valence-corrected chi connectivity index (χ0v) is 6.84. The van der Waals surface area contributed by atoms with E-state index in [1.165, 1.54) is 12.1 Å². The Hall–Kier alpha value is -1.69. The first-order chi connectivity index (χ1) is 6.24. The van der Waals surface area contributed by atoms with Crippen LogP contribution in [0.3, 0.4) is 0 Å². The summed E-state index contributed by atoms with van der Waals surface area (Å²) < 4.78 is 5.01. The number of nitrogens with two attached hydrogens (primary N) is 1. The second-order valence-corrected chi connectivity index (χ2v) is 2.23. The summed E-state index contributed by atoms with van der Waals surface area (Å²) in [6, 6.07) is 4.36. The Labute approximate surface area is 74.5 Å². The van der Waals surface area contributed by atoms with Crippen LogP contribution in [0, 0.1) is 10.1 Å². The minimum atomic E-state index is -0.574. The van der Waals surface area contributed by atoms with Crippen LogP contribution >= 0.6 is 0 Å². The predicted molar refractivity (Wildman–Crippen MR) is 45.4 cm³/mol. The Bertz CT molecular complexity index is 303. The maximum atomic E-state index is 10.3. The quantitative estimate of drug-likeness (QED) is 0.536. The number of nitrogens with zero attached hydrogens (tertiary/aromatic N) is 2. The van der Waals surface area contributed by atoms with Crippen LogP contribution in [0.5, 0.6) is 5.88 Å². The molecule has 0 bridgehead atoms. The summed E-state index contributed by atoms with van der Waals surface area (Å²) in [7, 11) is 0. The van der Waals surface area contributed by atoms with Crippen LogP contribution < -0.4 is 10.5 Å². The van der Waals surface area contributed by atoms with E-state index in [1.54, 1.807) is 6.07 Å². The van der Waals surface area contributed by atoms with E-state index in [9.17, 15) is 10.1 Å². The van der Waals surface area contributed by atoms with Gasteiger partial charge in [0.05, 0.1) is 0 Å².